The van der Waals surface area contributed by atoms with Crippen molar-refractivity contribution < 1.29 is 13.2 Å². The van der Waals surface area contributed by atoms with Crippen molar-refractivity contribution in [1.29, 1.82) is 0 Å². The number of rotatable bonds is 3. The van der Waals surface area contributed by atoms with Gasteiger partial charge in [0.25, 0.3) is 0 Å². The summed E-state index contributed by atoms with van der Waals surface area (Å²) >= 11 is 5.96. The maximum Gasteiger partial charge on any atom is 0.224 e. The number of nitrogens with zero attached hydrogens (tertiary/aromatic N) is 2. The van der Waals surface area contributed by atoms with Crippen LogP contribution in [-0.4, -0.2) is 62.0 Å². The first kappa shape index (κ1) is 20.6. The number of nitrogens with one attached hydrogen (secondary N) is 1. The molecular formula is C19H28ClN3O3S. The van der Waals surface area contributed by atoms with Crippen LogP contribution in [0.5, 0.6) is 0 Å². The molecule has 2 atom stereocenters. The predicted molar refractivity (Wildman–Crippen MR) is 107 cm³/mol. The zero-order chi connectivity index (χ0) is 19.4. The Labute approximate surface area is 166 Å². The molecule has 150 valence electrons. The average molecular weight is 414 g/mol. The van der Waals surface area contributed by atoms with E-state index in [2.05, 4.69) is 10.2 Å². The molecule has 1 N–H and O–H groups in total. The number of sulfonamides is 1. The van der Waals surface area contributed by atoms with Crippen molar-refractivity contribution >= 4 is 27.5 Å². The van der Waals surface area contributed by atoms with E-state index in [1.807, 2.05) is 24.3 Å². The highest BCUT2D eigenvalue weighted by Gasteiger charge is 2.40. The summed E-state index contributed by atoms with van der Waals surface area (Å²) < 4.78 is 26.3. The minimum Gasteiger partial charge on any atom is -0.355 e. The van der Waals surface area contributed by atoms with Gasteiger partial charge in [0.15, 0.2) is 0 Å². The van der Waals surface area contributed by atoms with Crippen molar-refractivity contribution in [2.75, 3.05) is 32.4 Å². The second-order valence-corrected chi connectivity index (χ2v) is 9.90. The Morgan fingerprint density at radius 3 is 2.56 bits per heavy atom. The van der Waals surface area contributed by atoms with E-state index in [4.69, 9.17) is 11.6 Å². The van der Waals surface area contributed by atoms with Gasteiger partial charge in [-0.3, -0.25) is 9.69 Å². The maximum atomic E-state index is 12.6. The fourth-order valence-corrected chi connectivity index (χ4v) is 5.54. The Morgan fingerprint density at radius 1 is 1.11 bits per heavy atom. The fourth-order valence-electron chi connectivity index (χ4n) is 4.20. The van der Waals surface area contributed by atoms with Crippen molar-refractivity contribution in [1.82, 2.24) is 14.5 Å². The SMILES string of the molecule is CS(=O)(=O)N1CCCN(Cc2ccc(Cl)cc2)CCNC(=O)C2CCCC21. The van der Waals surface area contributed by atoms with E-state index in [0.29, 0.717) is 18.1 Å². The molecule has 3 rings (SSSR count). The molecule has 1 saturated carbocycles. The van der Waals surface area contributed by atoms with Crippen LogP contribution in [0.15, 0.2) is 24.3 Å². The molecule has 0 aromatic heterocycles. The zero-order valence-corrected chi connectivity index (χ0v) is 17.3. The Bertz CT molecular complexity index is 754. The van der Waals surface area contributed by atoms with Crippen LogP contribution in [0.2, 0.25) is 5.02 Å². The fraction of sp³-hybridized carbons (Fsp3) is 0.632. The summed E-state index contributed by atoms with van der Waals surface area (Å²) in [5, 5.41) is 3.73. The van der Waals surface area contributed by atoms with Crippen LogP contribution in [0.4, 0.5) is 0 Å². The lowest BCUT2D eigenvalue weighted by molar-refractivity contribution is -0.125. The van der Waals surface area contributed by atoms with Gasteiger partial charge in [0, 0.05) is 37.2 Å². The number of benzene rings is 1. The standard InChI is InChI=1S/C19H28ClN3O3S/c1-27(25,26)23-12-3-11-22(14-15-6-8-16(20)9-7-15)13-10-21-19(24)17-4-2-5-18(17)23/h6-9,17-18H,2-5,10-14H2,1H3,(H,21,24). The van der Waals surface area contributed by atoms with E-state index in [0.717, 1.165) is 50.9 Å². The maximum absolute atomic E-state index is 12.6. The smallest absolute Gasteiger partial charge is 0.224 e. The van der Waals surface area contributed by atoms with Crippen LogP contribution in [-0.2, 0) is 21.4 Å². The molecule has 8 heteroatoms. The highest BCUT2D eigenvalue weighted by Crippen LogP contribution is 2.32. The first-order chi connectivity index (χ1) is 12.8. The molecule has 1 heterocycles. The monoisotopic (exact) mass is 413 g/mol. The van der Waals surface area contributed by atoms with Gasteiger partial charge in [0.1, 0.15) is 0 Å². The number of halogens is 1. The first-order valence-corrected chi connectivity index (χ1v) is 11.8. The van der Waals surface area contributed by atoms with Crippen LogP contribution >= 0.6 is 11.6 Å². The highest BCUT2D eigenvalue weighted by molar-refractivity contribution is 7.88. The van der Waals surface area contributed by atoms with Crippen molar-refractivity contribution in [3.05, 3.63) is 34.9 Å². The average Bonchev–Trinajstić information content (AvgIpc) is 3.07. The lowest BCUT2D eigenvalue weighted by Crippen LogP contribution is -2.47. The van der Waals surface area contributed by atoms with Gasteiger partial charge in [0.2, 0.25) is 15.9 Å². The molecule has 2 aliphatic rings. The minimum absolute atomic E-state index is 0.0144. The van der Waals surface area contributed by atoms with E-state index in [9.17, 15) is 13.2 Å². The van der Waals surface area contributed by atoms with Gasteiger partial charge >= 0.3 is 0 Å². The van der Waals surface area contributed by atoms with E-state index in [1.54, 1.807) is 4.31 Å². The van der Waals surface area contributed by atoms with E-state index in [1.165, 1.54) is 6.26 Å². The second-order valence-electron chi connectivity index (χ2n) is 7.53. The van der Waals surface area contributed by atoms with Crippen LogP contribution in [0.1, 0.15) is 31.2 Å². The third-order valence-corrected chi connectivity index (χ3v) is 7.07. The lowest BCUT2D eigenvalue weighted by atomic mass is 10.0. The van der Waals surface area contributed by atoms with Gasteiger partial charge in [-0.25, -0.2) is 8.42 Å². The zero-order valence-electron chi connectivity index (χ0n) is 15.7. The normalized spacial score (nSPS) is 26.2. The van der Waals surface area contributed by atoms with Crippen LogP contribution in [0.25, 0.3) is 0 Å². The molecule has 1 saturated heterocycles. The van der Waals surface area contributed by atoms with E-state index >= 15 is 0 Å². The molecule has 1 aliphatic carbocycles. The predicted octanol–water partition coefficient (Wildman–Crippen LogP) is 2.09. The molecule has 1 aliphatic heterocycles. The van der Waals surface area contributed by atoms with Gasteiger partial charge in [-0.15, -0.1) is 0 Å². The summed E-state index contributed by atoms with van der Waals surface area (Å²) in [5.74, 6) is -0.248. The molecule has 0 spiro atoms. The molecule has 27 heavy (non-hydrogen) atoms. The number of carbonyl (C=O) groups is 1. The van der Waals surface area contributed by atoms with Crippen LogP contribution < -0.4 is 5.32 Å². The molecule has 0 bridgehead atoms. The largest absolute Gasteiger partial charge is 0.355 e. The summed E-state index contributed by atoms with van der Waals surface area (Å²) in [4.78, 5) is 14.9. The van der Waals surface area contributed by atoms with Crippen LogP contribution in [0, 0.1) is 5.92 Å². The molecular weight excluding hydrogens is 386 g/mol. The second kappa shape index (κ2) is 8.90. The van der Waals surface area contributed by atoms with E-state index in [-0.39, 0.29) is 17.9 Å². The lowest BCUT2D eigenvalue weighted by Gasteiger charge is -2.30. The van der Waals surface area contributed by atoms with Gasteiger partial charge in [-0.2, -0.15) is 4.31 Å². The first-order valence-electron chi connectivity index (χ1n) is 9.56. The number of carbonyl (C=O) groups excluding carboxylic acids is 1. The van der Waals surface area contributed by atoms with Gasteiger partial charge in [-0.05, 0) is 43.5 Å². The number of fused-ring (bicyclic) bond motifs is 1. The Balaban J connectivity index is 1.73. The van der Waals surface area contributed by atoms with Gasteiger partial charge in [0.05, 0.1) is 12.2 Å². The summed E-state index contributed by atoms with van der Waals surface area (Å²) in [5.41, 5.74) is 1.15. The molecule has 1 aromatic carbocycles. The Hall–Kier alpha value is -1.15. The molecule has 6 nitrogen and oxygen atoms in total. The Morgan fingerprint density at radius 2 is 1.85 bits per heavy atom. The molecule has 1 amide bonds. The number of hydrogen-bond donors (Lipinski definition) is 1. The highest BCUT2D eigenvalue weighted by atomic mass is 35.5. The Kier molecular flexibility index (Phi) is 6.78. The summed E-state index contributed by atoms with van der Waals surface area (Å²) in [6.45, 7) is 3.31. The van der Waals surface area contributed by atoms with Crippen molar-refractivity contribution in [3.63, 3.8) is 0 Å². The van der Waals surface area contributed by atoms with Crippen molar-refractivity contribution in [2.45, 2.75) is 38.3 Å². The number of hydrogen-bond acceptors (Lipinski definition) is 4. The third kappa shape index (κ3) is 5.44. The topological polar surface area (TPSA) is 69.7 Å². The molecule has 2 unspecified atom stereocenters. The van der Waals surface area contributed by atoms with Crippen molar-refractivity contribution in [3.8, 4) is 0 Å². The van der Waals surface area contributed by atoms with Crippen molar-refractivity contribution in [2.24, 2.45) is 5.92 Å². The van der Waals surface area contributed by atoms with E-state index < -0.39 is 10.0 Å². The summed E-state index contributed by atoms with van der Waals surface area (Å²) in [6, 6.07) is 7.54. The van der Waals surface area contributed by atoms with Gasteiger partial charge in [-0.1, -0.05) is 30.2 Å². The van der Waals surface area contributed by atoms with Crippen LogP contribution in [0.3, 0.4) is 0 Å². The quantitative estimate of drug-likeness (QED) is 0.823. The third-order valence-electron chi connectivity index (χ3n) is 5.51. The molecule has 2 fully saturated rings. The number of amides is 1. The summed E-state index contributed by atoms with van der Waals surface area (Å²) in [6.07, 6.45) is 4.43. The van der Waals surface area contributed by atoms with Gasteiger partial charge < -0.3 is 5.32 Å². The minimum atomic E-state index is -3.34. The molecule has 0 radical (unpaired) electrons. The molecule has 1 aromatic rings. The summed E-state index contributed by atoms with van der Waals surface area (Å²) in [7, 11) is -3.34.